The molecule has 0 radical (unpaired) electrons. The molecule has 0 aliphatic heterocycles. The smallest absolute Gasteiger partial charge is 0.321 e. The predicted molar refractivity (Wildman–Crippen MR) is 104 cm³/mol. The summed E-state index contributed by atoms with van der Waals surface area (Å²) in [4.78, 5) is 25.2. The summed E-state index contributed by atoms with van der Waals surface area (Å²) < 4.78 is 5.25. The first-order chi connectivity index (χ1) is 12.3. The normalized spacial score (nSPS) is 10.2. The molecule has 138 valence electrons. The van der Waals surface area contributed by atoms with Crippen LogP contribution in [-0.4, -0.2) is 31.0 Å². The third-order valence-corrected chi connectivity index (χ3v) is 4.41. The highest BCUT2D eigenvalue weighted by molar-refractivity contribution is 6.42. The van der Waals surface area contributed by atoms with E-state index in [9.17, 15) is 9.59 Å². The van der Waals surface area contributed by atoms with Crippen LogP contribution in [0.15, 0.2) is 36.4 Å². The number of ether oxygens (including phenoxy) is 1. The van der Waals surface area contributed by atoms with Gasteiger partial charge in [0.15, 0.2) is 0 Å². The van der Waals surface area contributed by atoms with Gasteiger partial charge in [-0.05, 0) is 29.8 Å². The fraction of sp³-hybridized carbons (Fsp3) is 0.222. The van der Waals surface area contributed by atoms with Gasteiger partial charge < -0.3 is 20.3 Å². The molecule has 0 aliphatic rings. The molecule has 3 amide bonds. The Bertz CT molecular complexity index is 827. The highest BCUT2D eigenvalue weighted by Crippen LogP contribution is 2.29. The summed E-state index contributed by atoms with van der Waals surface area (Å²) in [5.41, 5.74) is 1.72. The van der Waals surface area contributed by atoms with E-state index in [-0.39, 0.29) is 18.5 Å². The number of nitrogens with one attached hydrogen (secondary N) is 2. The van der Waals surface area contributed by atoms with Crippen LogP contribution in [0.1, 0.15) is 12.5 Å². The molecule has 0 fully saturated rings. The minimum Gasteiger partial charge on any atom is -0.495 e. The SMILES string of the molecule is COc1ccc(NC(C)=O)cc1NC(=O)N(C)Cc1cccc(Cl)c1Cl. The Labute approximate surface area is 162 Å². The average molecular weight is 396 g/mol. The number of carbonyl (C=O) groups excluding carboxylic acids is 2. The van der Waals surface area contributed by atoms with Crippen LogP contribution in [-0.2, 0) is 11.3 Å². The van der Waals surface area contributed by atoms with E-state index in [2.05, 4.69) is 10.6 Å². The highest BCUT2D eigenvalue weighted by atomic mass is 35.5. The molecule has 26 heavy (non-hydrogen) atoms. The van der Waals surface area contributed by atoms with Crippen molar-refractivity contribution < 1.29 is 14.3 Å². The summed E-state index contributed by atoms with van der Waals surface area (Å²) in [6, 6.07) is 9.87. The van der Waals surface area contributed by atoms with Crippen molar-refractivity contribution in [2.24, 2.45) is 0 Å². The van der Waals surface area contributed by atoms with E-state index >= 15 is 0 Å². The van der Waals surface area contributed by atoms with Crippen molar-refractivity contribution in [3.05, 3.63) is 52.0 Å². The molecule has 0 saturated carbocycles. The van der Waals surface area contributed by atoms with E-state index in [1.54, 1.807) is 43.4 Å². The number of carbonyl (C=O) groups is 2. The number of methoxy groups -OCH3 is 1. The summed E-state index contributed by atoms with van der Waals surface area (Å²) >= 11 is 12.2. The van der Waals surface area contributed by atoms with Crippen LogP contribution in [0, 0.1) is 0 Å². The molecule has 0 saturated heterocycles. The molecule has 6 nitrogen and oxygen atoms in total. The lowest BCUT2D eigenvalue weighted by atomic mass is 10.2. The number of benzene rings is 2. The minimum absolute atomic E-state index is 0.208. The lowest BCUT2D eigenvalue weighted by Crippen LogP contribution is -2.31. The molecular weight excluding hydrogens is 377 g/mol. The maximum Gasteiger partial charge on any atom is 0.321 e. The van der Waals surface area contributed by atoms with Crippen molar-refractivity contribution in [1.82, 2.24) is 4.90 Å². The molecule has 2 aromatic carbocycles. The summed E-state index contributed by atoms with van der Waals surface area (Å²) in [5.74, 6) is 0.266. The van der Waals surface area contributed by atoms with Gasteiger partial charge in [0.1, 0.15) is 5.75 Å². The number of hydrogen-bond acceptors (Lipinski definition) is 3. The third-order valence-electron chi connectivity index (χ3n) is 3.55. The maximum absolute atomic E-state index is 12.5. The molecule has 0 unspecified atom stereocenters. The first-order valence-electron chi connectivity index (χ1n) is 7.72. The summed E-state index contributed by atoms with van der Waals surface area (Å²) in [6.45, 7) is 1.68. The molecule has 0 bridgehead atoms. The van der Waals surface area contributed by atoms with Gasteiger partial charge in [-0.1, -0.05) is 35.3 Å². The monoisotopic (exact) mass is 395 g/mol. The van der Waals surface area contributed by atoms with E-state index in [1.807, 2.05) is 0 Å². The molecule has 0 spiro atoms. The maximum atomic E-state index is 12.5. The standard InChI is InChI=1S/C18H19Cl2N3O3/c1-11(24)21-13-7-8-16(26-3)15(9-13)22-18(25)23(2)10-12-5-4-6-14(19)17(12)20/h4-9H,10H2,1-3H3,(H,21,24)(H,22,25). The van der Waals surface area contributed by atoms with Gasteiger partial charge in [-0.3, -0.25) is 4.79 Å². The van der Waals surface area contributed by atoms with Crippen molar-refractivity contribution in [2.45, 2.75) is 13.5 Å². The van der Waals surface area contributed by atoms with Gasteiger partial charge in [-0.2, -0.15) is 0 Å². The first kappa shape index (κ1) is 19.9. The number of amides is 3. The van der Waals surface area contributed by atoms with Crippen LogP contribution in [0.4, 0.5) is 16.2 Å². The van der Waals surface area contributed by atoms with Gasteiger partial charge in [0.2, 0.25) is 5.91 Å². The number of halogens is 2. The van der Waals surface area contributed by atoms with Gasteiger partial charge in [-0.15, -0.1) is 0 Å². The van der Waals surface area contributed by atoms with E-state index in [1.165, 1.54) is 18.9 Å². The Morgan fingerprint density at radius 1 is 1.15 bits per heavy atom. The van der Waals surface area contributed by atoms with Crippen molar-refractivity contribution in [1.29, 1.82) is 0 Å². The van der Waals surface area contributed by atoms with Crippen molar-refractivity contribution in [3.63, 3.8) is 0 Å². The Balaban J connectivity index is 2.15. The fourth-order valence-corrected chi connectivity index (χ4v) is 2.68. The van der Waals surface area contributed by atoms with Crippen LogP contribution in [0.25, 0.3) is 0 Å². The number of hydrogen-bond donors (Lipinski definition) is 2. The average Bonchev–Trinajstić information content (AvgIpc) is 2.58. The number of rotatable bonds is 5. The van der Waals surface area contributed by atoms with Gasteiger partial charge >= 0.3 is 6.03 Å². The van der Waals surface area contributed by atoms with Crippen LogP contribution >= 0.6 is 23.2 Å². The van der Waals surface area contributed by atoms with Gasteiger partial charge in [0, 0.05) is 26.2 Å². The second kappa shape index (κ2) is 8.78. The highest BCUT2D eigenvalue weighted by Gasteiger charge is 2.15. The molecule has 8 heteroatoms. The number of anilines is 2. The third kappa shape index (κ3) is 5.03. The molecule has 2 N–H and O–H groups in total. The Morgan fingerprint density at radius 2 is 1.88 bits per heavy atom. The van der Waals surface area contributed by atoms with Gasteiger partial charge in [-0.25, -0.2) is 4.79 Å². The Morgan fingerprint density at radius 3 is 2.54 bits per heavy atom. The van der Waals surface area contributed by atoms with E-state index in [0.29, 0.717) is 27.2 Å². The molecule has 2 rings (SSSR count). The second-order valence-corrected chi connectivity index (χ2v) is 6.38. The summed E-state index contributed by atoms with van der Waals surface area (Å²) in [5, 5.41) is 6.27. The van der Waals surface area contributed by atoms with Gasteiger partial charge in [0.25, 0.3) is 0 Å². The van der Waals surface area contributed by atoms with Crippen molar-refractivity contribution in [3.8, 4) is 5.75 Å². The van der Waals surface area contributed by atoms with Crippen LogP contribution in [0.2, 0.25) is 10.0 Å². The Hall–Kier alpha value is -2.44. The second-order valence-electron chi connectivity index (χ2n) is 5.60. The fourth-order valence-electron chi connectivity index (χ4n) is 2.30. The largest absolute Gasteiger partial charge is 0.495 e. The lowest BCUT2D eigenvalue weighted by Gasteiger charge is -2.20. The topological polar surface area (TPSA) is 70.7 Å². The van der Waals surface area contributed by atoms with Gasteiger partial charge in [0.05, 0.1) is 22.8 Å². The zero-order chi connectivity index (χ0) is 19.3. The minimum atomic E-state index is -0.362. The van der Waals surface area contributed by atoms with E-state index in [0.717, 1.165) is 5.56 Å². The summed E-state index contributed by atoms with van der Waals surface area (Å²) in [7, 11) is 3.13. The van der Waals surface area contributed by atoms with Crippen LogP contribution in [0.3, 0.4) is 0 Å². The van der Waals surface area contributed by atoms with E-state index in [4.69, 9.17) is 27.9 Å². The summed E-state index contributed by atoms with van der Waals surface area (Å²) in [6.07, 6.45) is 0. The molecule has 2 aromatic rings. The van der Waals surface area contributed by atoms with E-state index < -0.39 is 0 Å². The first-order valence-corrected chi connectivity index (χ1v) is 8.48. The van der Waals surface area contributed by atoms with Crippen molar-refractivity contribution in [2.75, 3.05) is 24.8 Å². The van der Waals surface area contributed by atoms with Crippen LogP contribution in [0.5, 0.6) is 5.75 Å². The number of nitrogens with zero attached hydrogens (tertiary/aromatic N) is 1. The molecule has 0 aliphatic carbocycles. The predicted octanol–water partition coefficient (Wildman–Crippen LogP) is 4.62. The molecular formula is C18H19Cl2N3O3. The zero-order valence-corrected chi connectivity index (χ0v) is 16.1. The zero-order valence-electron chi connectivity index (χ0n) is 14.6. The number of urea groups is 1. The quantitative estimate of drug-likeness (QED) is 0.775. The lowest BCUT2D eigenvalue weighted by molar-refractivity contribution is -0.114. The molecule has 0 atom stereocenters. The Kier molecular flexibility index (Phi) is 6.71. The molecule has 0 heterocycles. The van der Waals surface area contributed by atoms with Crippen LogP contribution < -0.4 is 15.4 Å². The molecule has 0 aromatic heterocycles. The van der Waals surface area contributed by atoms with Crippen molar-refractivity contribution >= 4 is 46.5 Å².